The van der Waals surface area contributed by atoms with Gasteiger partial charge in [-0.15, -0.1) is 11.3 Å². The van der Waals surface area contributed by atoms with Gasteiger partial charge >= 0.3 is 6.03 Å². The average Bonchev–Trinajstić information content (AvgIpc) is 3.14. The van der Waals surface area contributed by atoms with Crippen molar-refractivity contribution in [2.45, 2.75) is 26.4 Å². The van der Waals surface area contributed by atoms with Crippen molar-refractivity contribution < 1.29 is 14.0 Å². The number of hydrogen-bond donors (Lipinski definition) is 3. The van der Waals surface area contributed by atoms with Gasteiger partial charge in [-0.25, -0.2) is 4.79 Å². The first kappa shape index (κ1) is 16.1. The summed E-state index contributed by atoms with van der Waals surface area (Å²) in [5, 5.41) is 7.96. The number of rotatable bonds is 6. The highest BCUT2D eigenvalue weighted by atomic mass is 32.1. The molecule has 2 aromatic heterocycles. The maximum absolute atomic E-state index is 11.8. The molecule has 2 heterocycles. The Kier molecular flexibility index (Phi) is 5.60. The fourth-order valence-electron chi connectivity index (χ4n) is 1.85. The lowest BCUT2D eigenvalue weighted by Crippen LogP contribution is -2.42. The van der Waals surface area contributed by atoms with Crippen LogP contribution in [0.1, 0.15) is 28.5 Å². The zero-order valence-electron chi connectivity index (χ0n) is 12.5. The smallest absolute Gasteiger partial charge is 0.315 e. The number of hydrogen-bond acceptors (Lipinski definition) is 4. The summed E-state index contributed by atoms with van der Waals surface area (Å²) in [6, 6.07) is 7.04. The summed E-state index contributed by atoms with van der Waals surface area (Å²) in [4.78, 5) is 25.7. The van der Waals surface area contributed by atoms with Crippen LogP contribution in [0.3, 0.4) is 0 Å². The van der Waals surface area contributed by atoms with Gasteiger partial charge in [0.15, 0.2) is 0 Å². The normalized spacial score (nSPS) is 11.7. The predicted octanol–water partition coefficient (Wildman–Crippen LogP) is 2.33. The summed E-state index contributed by atoms with van der Waals surface area (Å²) in [7, 11) is 0. The monoisotopic (exact) mass is 321 g/mol. The molecule has 0 saturated carbocycles. The molecule has 2 aromatic rings. The van der Waals surface area contributed by atoms with E-state index in [9.17, 15) is 9.59 Å². The summed E-state index contributed by atoms with van der Waals surface area (Å²) < 4.78 is 5.09. The Morgan fingerprint density at radius 3 is 2.73 bits per heavy atom. The van der Waals surface area contributed by atoms with Crippen LogP contribution in [0.2, 0.25) is 0 Å². The first-order valence-corrected chi connectivity index (χ1v) is 7.76. The molecule has 0 saturated heterocycles. The standard InChI is InChI=1S/C15H19N3O3S/c1-10-5-6-13(22-10)11(2)18-14(19)9-17-15(20)16-8-12-4-3-7-21-12/h3-7,11H,8-9H2,1-2H3,(H,18,19)(H2,16,17,20)/t11-/m0/s1. The zero-order valence-corrected chi connectivity index (χ0v) is 13.3. The summed E-state index contributed by atoms with van der Waals surface area (Å²) in [5.41, 5.74) is 0. The van der Waals surface area contributed by atoms with E-state index in [0.717, 1.165) is 4.88 Å². The average molecular weight is 321 g/mol. The molecule has 0 aliphatic rings. The van der Waals surface area contributed by atoms with Crippen LogP contribution in [0.5, 0.6) is 0 Å². The van der Waals surface area contributed by atoms with E-state index in [-0.39, 0.29) is 25.0 Å². The van der Waals surface area contributed by atoms with Gasteiger partial charge in [-0.05, 0) is 38.1 Å². The summed E-state index contributed by atoms with van der Waals surface area (Å²) >= 11 is 1.64. The van der Waals surface area contributed by atoms with Crippen molar-refractivity contribution in [3.8, 4) is 0 Å². The summed E-state index contributed by atoms with van der Waals surface area (Å²) in [6.45, 7) is 4.15. The lowest BCUT2D eigenvalue weighted by Gasteiger charge is -2.13. The van der Waals surface area contributed by atoms with Crippen LogP contribution >= 0.6 is 11.3 Å². The van der Waals surface area contributed by atoms with E-state index >= 15 is 0 Å². The molecule has 3 N–H and O–H groups in total. The SMILES string of the molecule is Cc1ccc([C@H](C)NC(=O)CNC(=O)NCc2ccco2)s1. The molecule has 22 heavy (non-hydrogen) atoms. The fourth-order valence-corrected chi connectivity index (χ4v) is 2.73. The van der Waals surface area contributed by atoms with Gasteiger partial charge in [-0.2, -0.15) is 0 Å². The minimum atomic E-state index is -0.411. The molecule has 1 atom stereocenters. The van der Waals surface area contributed by atoms with E-state index in [1.165, 1.54) is 11.1 Å². The number of carbonyl (C=O) groups is 2. The Bertz CT molecular complexity index is 622. The second-order valence-electron chi connectivity index (χ2n) is 4.85. The molecule has 2 rings (SSSR count). The van der Waals surface area contributed by atoms with Crippen molar-refractivity contribution in [3.63, 3.8) is 0 Å². The van der Waals surface area contributed by atoms with E-state index < -0.39 is 6.03 Å². The molecule has 0 aromatic carbocycles. The number of urea groups is 1. The number of carbonyl (C=O) groups excluding carboxylic acids is 2. The van der Waals surface area contributed by atoms with Gasteiger partial charge in [-0.1, -0.05) is 0 Å². The Hall–Kier alpha value is -2.28. The summed E-state index contributed by atoms with van der Waals surface area (Å²) in [5.74, 6) is 0.424. The molecular formula is C15H19N3O3S. The van der Waals surface area contributed by atoms with Gasteiger partial charge in [0, 0.05) is 9.75 Å². The Labute approximate surface area is 132 Å². The van der Waals surface area contributed by atoms with E-state index in [1.54, 1.807) is 23.5 Å². The molecule has 6 nitrogen and oxygen atoms in total. The first-order chi connectivity index (χ1) is 10.5. The van der Waals surface area contributed by atoms with Crippen LogP contribution in [0.15, 0.2) is 34.9 Å². The zero-order chi connectivity index (χ0) is 15.9. The Balaban J connectivity index is 1.67. The lowest BCUT2D eigenvalue weighted by atomic mass is 10.2. The number of furan rings is 1. The van der Waals surface area contributed by atoms with Gasteiger partial charge in [0.2, 0.25) is 5.91 Å². The van der Waals surface area contributed by atoms with Crippen molar-refractivity contribution in [3.05, 3.63) is 46.0 Å². The molecule has 3 amide bonds. The van der Waals surface area contributed by atoms with Crippen LogP contribution < -0.4 is 16.0 Å². The molecule has 0 bridgehead atoms. The molecule has 0 fully saturated rings. The highest BCUT2D eigenvalue weighted by Crippen LogP contribution is 2.21. The molecule has 0 spiro atoms. The topological polar surface area (TPSA) is 83.4 Å². The third-order valence-electron chi connectivity index (χ3n) is 2.98. The van der Waals surface area contributed by atoms with Gasteiger partial charge in [0.1, 0.15) is 5.76 Å². The quantitative estimate of drug-likeness (QED) is 0.763. The number of thiophene rings is 1. The largest absolute Gasteiger partial charge is 0.467 e. The summed E-state index contributed by atoms with van der Waals surface area (Å²) in [6.07, 6.45) is 1.54. The minimum Gasteiger partial charge on any atom is -0.467 e. The number of aryl methyl sites for hydroxylation is 1. The fraction of sp³-hybridized carbons (Fsp3) is 0.333. The van der Waals surface area contributed by atoms with Gasteiger partial charge in [-0.3, -0.25) is 4.79 Å². The van der Waals surface area contributed by atoms with Crippen LogP contribution in [-0.4, -0.2) is 18.5 Å². The Morgan fingerprint density at radius 2 is 2.09 bits per heavy atom. The third-order valence-corrected chi connectivity index (χ3v) is 4.16. The van der Waals surface area contributed by atoms with Crippen LogP contribution in [0, 0.1) is 6.92 Å². The van der Waals surface area contributed by atoms with Gasteiger partial charge in [0.25, 0.3) is 0 Å². The van der Waals surface area contributed by atoms with E-state index in [2.05, 4.69) is 16.0 Å². The predicted molar refractivity (Wildman–Crippen MR) is 84.6 cm³/mol. The van der Waals surface area contributed by atoms with Crippen molar-refractivity contribution in [1.29, 1.82) is 0 Å². The van der Waals surface area contributed by atoms with Crippen molar-refractivity contribution in [2.24, 2.45) is 0 Å². The molecule has 7 heteroatoms. The minimum absolute atomic E-state index is 0.0702. The van der Waals surface area contributed by atoms with Crippen LogP contribution in [-0.2, 0) is 11.3 Å². The maximum atomic E-state index is 11.8. The lowest BCUT2D eigenvalue weighted by molar-refractivity contribution is -0.120. The third kappa shape index (κ3) is 4.92. The molecule has 0 aliphatic heterocycles. The van der Waals surface area contributed by atoms with E-state index in [4.69, 9.17) is 4.42 Å². The number of nitrogens with one attached hydrogen (secondary N) is 3. The molecular weight excluding hydrogens is 302 g/mol. The van der Waals surface area contributed by atoms with E-state index in [1.807, 2.05) is 26.0 Å². The molecule has 0 aliphatic carbocycles. The van der Waals surface area contributed by atoms with Gasteiger partial charge < -0.3 is 20.4 Å². The maximum Gasteiger partial charge on any atom is 0.315 e. The van der Waals surface area contributed by atoms with Crippen molar-refractivity contribution in [2.75, 3.05) is 6.54 Å². The molecule has 0 unspecified atom stereocenters. The first-order valence-electron chi connectivity index (χ1n) is 6.94. The second-order valence-corrected chi connectivity index (χ2v) is 6.17. The number of amides is 3. The second kappa shape index (κ2) is 7.65. The Morgan fingerprint density at radius 1 is 1.27 bits per heavy atom. The molecule has 0 radical (unpaired) electrons. The van der Waals surface area contributed by atoms with Crippen LogP contribution in [0.4, 0.5) is 4.79 Å². The van der Waals surface area contributed by atoms with E-state index in [0.29, 0.717) is 5.76 Å². The van der Waals surface area contributed by atoms with Gasteiger partial charge in [0.05, 0.1) is 25.4 Å². The van der Waals surface area contributed by atoms with Crippen molar-refractivity contribution in [1.82, 2.24) is 16.0 Å². The molecule has 118 valence electrons. The van der Waals surface area contributed by atoms with Crippen LogP contribution in [0.25, 0.3) is 0 Å². The highest BCUT2D eigenvalue weighted by Gasteiger charge is 2.12. The van der Waals surface area contributed by atoms with Crippen molar-refractivity contribution >= 4 is 23.3 Å². The highest BCUT2D eigenvalue weighted by molar-refractivity contribution is 7.12.